The van der Waals surface area contributed by atoms with Gasteiger partial charge in [0.1, 0.15) is 0 Å². The van der Waals surface area contributed by atoms with Crippen LogP contribution in [0.15, 0.2) is 30.3 Å². The Labute approximate surface area is 107 Å². The van der Waals surface area contributed by atoms with E-state index in [4.69, 9.17) is 17.0 Å². The lowest BCUT2D eigenvalue weighted by Crippen LogP contribution is -2.22. The first-order chi connectivity index (χ1) is 8.27. The second-order valence-electron chi connectivity index (χ2n) is 3.74. The highest BCUT2D eigenvalue weighted by molar-refractivity contribution is 7.80. The number of rotatable bonds is 3. The fourth-order valence-electron chi connectivity index (χ4n) is 1.67. The van der Waals surface area contributed by atoms with Gasteiger partial charge in [0.2, 0.25) is 0 Å². The molecule has 0 amide bonds. The first-order valence-corrected chi connectivity index (χ1v) is 5.97. The van der Waals surface area contributed by atoms with Crippen molar-refractivity contribution in [2.24, 2.45) is 0 Å². The van der Waals surface area contributed by atoms with E-state index in [1.54, 1.807) is 0 Å². The molecule has 0 saturated carbocycles. The maximum Gasteiger partial charge on any atom is 0.292 e. The molecule has 1 aliphatic rings. The van der Waals surface area contributed by atoms with E-state index in [1.807, 2.05) is 6.07 Å². The Kier molecular flexibility index (Phi) is 6.25. The Hall–Kier alpha value is -1.42. The number of hydrogen-bond donors (Lipinski definition) is 0. The predicted molar refractivity (Wildman–Crippen MR) is 71.8 cm³/mol. The molecule has 1 fully saturated rings. The second kappa shape index (κ2) is 7.79. The van der Waals surface area contributed by atoms with E-state index in [0.717, 1.165) is 24.5 Å². The molecular weight excluding hydrogens is 234 g/mol. The van der Waals surface area contributed by atoms with Crippen LogP contribution in [0.3, 0.4) is 0 Å². The van der Waals surface area contributed by atoms with E-state index in [1.165, 1.54) is 19.1 Å². The second-order valence-corrected chi connectivity index (χ2v) is 4.21. The van der Waals surface area contributed by atoms with Crippen LogP contribution in [0.5, 0.6) is 0 Å². The third kappa shape index (κ3) is 4.95. The highest BCUT2D eigenvalue weighted by atomic mass is 32.1. The molecule has 0 aliphatic carbocycles. The van der Waals surface area contributed by atoms with E-state index in [9.17, 15) is 0 Å². The molecule has 0 radical (unpaired) electrons. The molecule has 4 heteroatoms. The molecule has 92 valence electrons. The number of methoxy groups -OCH3 is 1. The first-order valence-electron chi connectivity index (χ1n) is 5.56. The van der Waals surface area contributed by atoms with Crippen molar-refractivity contribution in [1.29, 1.82) is 0 Å². The van der Waals surface area contributed by atoms with Crippen LogP contribution in [0.25, 0.3) is 0 Å². The number of benzene rings is 1. The zero-order chi connectivity index (χ0) is 12.5. The van der Waals surface area contributed by atoms with Crippen molar-refractivity contribution < 1.29 is 9.53 Å². The van der Waals surface area contributed by atoms with Crippen LogP contribution < -0.4 is 0 Å². The molecule has 0 aromatic heterocycles. The van der Waals surface area contributed by atoms with E-state index >= 15 is 0 Å². The molecule has 3 nitrogen and oxygen atoms in total. The largest absolute Gasteiger partial charge is 0.471 e. The number of nitrogens with zero attached hydrogens (tertiary/aromatic N) is 1. The van der Waals surface area contributed by atoms with Crippen LogP contribution in [0.2, 0.25) is 0 Å². The third-order valence-electron chi connectivity index (χ3n) is 2.48. The fourth-order valence-corrected chi connectivity index (χ4v) is 1.98. The van der Waals surface area contributed by atoms with Crippen molar-refractivity contribution in [3.63, 3.8) is 0 Å². The van der Waals surface area contributed by atoms with E-state index in [2.05, 4.69) is 33.9 Å². The fraction of sp³-hybridized carbons (Fsp3) is 0.385. The topological polar surface area (TPSA) is 29.5 Å². The van der Waals surface area contributed by atoms with Crippen molar-refractivity contribution in [1.82, 2.24) is 4.90 Å². The predicted octanol–water partition coefficient (Wildman–Crippen LogP) is 2.40. The van der Waals surface area contributed by atoms with E-state index < -0.39 is 0 Å². The summed E-state index contributed by atoms with van der Waals surface area (Å²) in [5.41, 5.74) is 1.35. The minimum Gasteiger partial charge on any atom is -0.471 e. The standard InChI is InChI=1S/C11H13NS.C2H4O2/c13-11-7-4-8-12(11)9-10-5-2-1-3-6-10;1-4-2-3/h1-3,5-6H,4,7-9H2;2H,1H3. The van der Waals surface area contributed by atoms with Crippen LogP contribution in [-0.4, -0.2) is 30.0 Å². The van der Waals surface area contributed by atoms with Gasteiger partial charge in [0.15, 0.2) is 0 Å². The Balaban J connectivity index is 0.000000317. The quantitative estimate of drug-likeness (QED) is 0.609. The zero-order valence-electron chi connectivity index (χ0n) is 9.96. The molecule has 1 aromatic rings. The summed E-state index contributed by atoms with van der Waals surface area (Å²) in [5, 5.41) is 0. The van der Waals surface area contributed by atoms with Crippen molar-refractivity contribution >= 4 is 23.7 Å². The number of carbonyl (C=O) groups excluding carboxylic acids is 1. The summed E-state index contributed by atoms with van der Waals surface area (Å²) in [7, 11) is 1.31. The lowest BCUT2D eigenvalue weighted by atomic mass is 10.2. The molecule has 1 saturated heterocycles. The summed E-state index contributed by atoms with van der Waals surface area (Å²) < 4.78 is 3.86. The first kappa shape index (κ1) is 13.6. The Morgan fingerprint density at radius 1 is 1.41 bits per heavy atom. The molecule has 0 unspecified atom stereocenters. The highest BCUT2D eigenvalue weighted by Gasteiger charge is 2.15. The molecule has 1 aromatic carbocycles. The van der Waals surface area contributed by atoms with Gasteiger partial charge in [0.25, 0.3) is 6.47 Å². The summed E-state index contributed by atoms with van der Waals surface area (Å²) in [6, 6.07) is 10.5. The number of ether oxygens (including phenoxy) is 1. The molecule has 17 heavy (non-hydrogen) atoms. The van der Waals surface area contributed by atoms with Crippen LogP contribution in [0.1, 0.15) is 18.4 Å². The average Bonchev–Trinajstić information content (AvgIpc) is 2.77. The van der Waals surface area contributed by atoms with Gasteiger partial charge in [-0.15, -0.1) is 0 Å². The van der Waals surface area contributed by atoms with Gasteiger partial charge in [0, 0.05) is 13.1 Å². The average molecular weight is 251 g/mol. The van der Waals surface area contributed by atoms with Crippen LogP contribution in [0, 0.1) is 0 Å². The van der Waals surface area contributed by atoms with Gasteiger partial charge in [-0.3, -0.25) is 4.79 Å². The van der Waals surface area contributed by atoms with E-state index in [-0.39, 0.29) is 0 Å². The highest BCUT2D eigenvalue weighted by Crippen LogP contribution is 2.15. The van der Waals surface area contributed by atoms with Gasteiger partial charge < -0.3 is 9.64 Å². The summed E-state index contributed by atoms with van der Waals surface area (Å²) >= 11 is 5.27. The lowest BCUT2D eigenvalue weighted by Gasteiger charge is -2.17. The maximum atomic E-state index is 8.95. The van der Waals surface area contributed by atoms with Crippen LogP contribution in [-0.2, 0) is 16.1 Å². The Morgan fingerprint density at radius 2 is 2.06 bits per heavy atom. The molecule has 0 N–H and O–H groups in total. The molecular formula is C13H17NO2S. The van der Waals surface area contributed by atoms with Crippen molar-refractivity contribution in [3.05, 3.63) is 35.9 Å². The normalized spacial score (nSPS) is 13.9. The molecule has 1 heterocycles. The minimum absolute atomic E-state index is 0.375. The number of hydrogen-bond acceptors (Lipinski definition) is 3. The van der Waals surface area contributed by atoms with Gasteiger partial charge in [-0.05, 0) is 18.4 Å². The zero-order valence-corrected chi connectivity index (χ0v) is 10.8. The SMILES string of the molecule is COC=O.S=C1CCCN1Cc1ccccc1. The summed E-state index contributed by atoms with van der Waals surface area (Å²) in [4.78, 5) is 12.4. The Bertz CT molecular complexity index is 354. The van der Waals surface area contributed by atoms with Gasteiger partial charge in [-0.25, -0.2) is 0 Å². The van der Waals surface area contributed by atoms with Gasteiger partial charge in [-0.2, -0.15) is 0 Å². The van der Waals surface area contributed by atoms with Crippen molar-refractivity contribution in [2.75, 3.05) is 13.7 Å². The summed E-state index contributed by atoms with van der Waals surface area (Å²) in [5.74, 6) is 0. The van der Waals surface area contributed by atoms with Gasteiger partial charge in [0.05, 0.1) is 12.1 Å². The van der Waals surface area contributed by atoms with Crippen molar-refractivity contribution in [2.45, 2.75) is 19.4 Å². The molecule has 0 spiro atoms. The van der Waals surface area contributed by atoms with Crippen LogP contribution in [0.4, 0.5) is 0 Å². The molecule has 0 bridgehead atoms. The maximum absolute atomic E-state index is 8.95. The smallest absolute Gasteiger partial charge is 0.292 e. The van der Waals surface area contributed by atoms with Gasteiger partial charge >= 0.3 is 0 Å². The molecule has 2 rings (SSSR count). The monoisotopic (exact) mass is 251 g/mol. The lowest BCUT2D eigenvalue weighted by molar-refractivity contribution is -0.126. The van der Waals surface area contributed by atoms with Crippen LogP contribution >= 0.6 is 12.2 Å². The molecule has 0 atom stereocenters. The summed E-state index contributed by atoms with van der Waals surface area (Å²) in [6.07, 6.45) is 2.33. The summed E-state index contributed by atoms with van der Waals surface area (Å²) in [6.45, 7) is 2.49. The van der Waals surface area contributed by atoms with Gasteiger partial charge in [-0.1, -0.05) is 42.5 Å². The van der Waals surface area contributed by atoms with Crippen molar-refractivity contribution in [3.8, 4) is 0 Å². The molecule has 1 aliphatic heterocycles. The number of likely N-dealkylation sites (tertiary alicyclic amines) is 1. The number of thiocarbonyl (C=S) groups is 1. The minimum atomic E-state index is 0.375. The number of carbonyl (C=O) groups is 1. The third-order valence-corrected chi connectivity index (χ3v) is 2.95. The Morgan fingerprint density at radius 3 is 2.53 bits per heavy atom. The van der Waals surface area contributed by atoms with E-state index in [0.29, 0.717) is 6.47 Å².